The van der Waals surface area contributed by atoms with E-state index in [0.29, 0.717) is 5.56 Å². The predicted octanol–water partition coefficient (Wildman–Crippen LogP) is 4.72. The van der Waals surface area contributed by atoms with E-state index >= 15 is 0 Å². The van der Waals surface area contributed by atoms with Crippen LogP contribution >= 0.6 is 0 Å². The van der Waals surface area contributed by atoms with E-state index < -0.39 is 17.9 Å². The van der Waals surface area contributed by atoms with Gasteiger partial charge in [0.05, 0.1) is 16.7 Å². The molecular weight excluding hydrogens is 428 g/mol. The first kappa shape index (κ1) is 24.4. The van der Waals surface area contributed by atoms with Crippen LogP contribution < -0.4 is 0 Å². The number of hydrogen-bond donors (Lipinski definition) is 5. The van der Waals surface area contributed by atoms with Gasteiger partial charge in [-0.05, 0) is 59.3 Å². The van der Waals surface area contributed by atoms with Crippen LogP contribution in [0.5, 0.6) is 11.5 Å². The molecule has 0 aliphatic rings. The van der Waals surface area contributed by atoms with E-state index in [1.165, 1.54) is 42.5 Å². The lowest BCUT2D eigenvalue weighted by Gasteiger charge is -1.98. The molecule has 4 aromatic rings. The third-order valence-corrected chi connectivity index (χ3v) is 4.20. The smallest absolute Gasteiger partial charge is 0.335 e. The summed E-state index contributed by atoms with van der Waals surface area (Å²) in [5.74, 6) is -2.83. The number of rotatable bonds is 3. The van der Waals surface area contributed by atoms with E-state index in [-0.39, 0.29) is 22.6 Å². The molecule has 0 heterocycles. The summed E-state index contributed by atoms with van der Waals surface area (Å²) in [7, 11) is 0. The van der Waals surface area contributed by atoms with E-state index in [1.54, 1.807) is 18.2 Å². The Hall–Kier alpha value is -4.85. The second kappa shape index (κ2) is 11.5. The summed E-state index contributed by atoms with van der Waals surface area (Å²) in [5.41, 5.74) is 0.499. The van der Waals surface area contributed by atoms with Crippen LogP contribution in [0.2, 0.25) is 0 Å². The minimum Gasteiger partial charge on any atom is -0.508 e. The van der Waals surface area contributed by atoms with Crippen molar-refractivity contribution in [1.29, 1.82) is 0 Å². The Bertz CT molecular complexity index is 1210. The van der Waals surface area contributed by atoms with Crippen LogP contribution in [0.3, 0.4) is 0 Å². The van der Waals surface area contributed by atoms with Crippen molar-refractivity contribution in [3.8, 4) is 11.5 Å². The quantitative estimate of drug-likeness (QED) is 0.302. The average Bonchev–Trinajstić information content (AvgIpc) is 2.79. The second-order valence-corrected chi connectivity index (χ2v) is 6.57. The number of phenols is 2. The van der Waals surface area contributed by atoms with Crippen molar-refractivity contribution in [3.63, 3.8) is 0 Å². The Morgan fingerprint density at radius 2 is 0.879 bits per heavy atom. The summed E-state index contributed by atoms with van der Waals surface area (Å²) in [6.45, 7) is 0. The first-order valence-corrected chi connectivity index (χ1v) is 9.44. The summed E-state index contributed by atoms with van der Waals surface area (Å²) >= 11 is 0. The third-order valence-electron chi connectivity index (χ3n) is 4.20. The number of hydrogen-bond acceptors (Lipinski definition) is 5. The molecule has 0 aromatic heterocycles. The highest BCUT2D eigenvalue weighted by Gasteiger charge is 2.05. The number of carboxylic acids is 3. The molecule has 0 fully saturated rings. The number of carboxylic acid groups (broad SMARTS) is 3. The number of fused-ring (bicyclic) bond motifs is 1. The van der Waals surface area contributed by atoms with Crippen molar-refractivity contribution in [2.24, 2.45) is 0 Å². The van der Waals surface area contributed by atoms with Crippen LogP contribution in [-0.4, -0.2) is 43.4 Å². The van der Waals surface area contributed by atoms with Gasteiger partial charge in [-0.3, -0.25) is 0 Å². The van der Waals surface area contributed by atoms with Gasteiger partial charge in [0.1, 0.15) is 11.5 Å². The zero-order valence-electron chi connectivity index (χ0n) is 17.1. The van der Waals surface area contributed by atoms with Gasteiger partial charge in [0.2, 0.25) is 0 Å². The van der Waals surface area contributed by atoms with Gasteiger partial charge in [-0.2, -0.15) is 0 Å². The molecule has 0 aliphatic heterocycles. The highest BCUT2D eigenvalue weighted by atomic mass is 16.4. The SMILES string of the molecule is O=C(O)c1ccc(C(=O)O)cc1.O=C(O)c1ccc2ccccc2c1.Oc1cccc(O)c1. The fourth-order valence-electron chi connectivity index (χ4n) is 2.57. The number of phenolic OH excluding ortho intramolecular Hbond substituents is 2. The minimum atomic E-state index is -1.06. The molecule has 4 aromatic carbocycles. The van der Waals surface area contributed by atoms with Gasteiger partial charge in [-0.1, -0.05) is 36.4 Å². The third kappa shape index (κ3) is 7.72. The largest absolute Gasteiger partial charge is 0.508 e. The van der Waals surface area contributed by atoms with E-state index in [2.05, 4.69) is 0 Å². The molecular formula is C25H20O8. The highest BCUT2D eigenvalue weighted by molar-refractivity contribution is 5.94. The molecule has 0 saturated heterocycles. The highest BCUT2D eigenvalue weighted by Crippen LogP contribution is 2.16. The molecule has 0 atom stereocenters. The molecule has 0 amide bonds. The maximum atomic E-state index is 10.6. The Balaban J connectivity index is 0.000000180. The minimum absolute atomic E-state index is 0.0833. The van der Waals surface area contributed by atoms with Crippen molar-refractivity contribution in [2.75, 3.05) is 0 Å². The Morgan fingerprint density at radius 1 is 0.455 bits per heavy atom. The maximum Gasteiger partial charge on any atom is 0.335 e. The number of aromatic carboxylic acids is 3. The Morgan fingerprint density at radius 3 is 1.27 bits per heavy atom. The molecule has 0 unspecified atom stereocenters. The van der Waals surface area contributed by atoms with Crippen LogP contribution in [0.1, 0.15) is 31.1 Å². The van der Waals surface area contributed by atoms with Gasteiger partial charge in [-0.15, -0.1) is 0 Å². The van der Waals surface area contributed by atoms with E-state index in [9.17, 15) is 14.4 Å². The van der Waals surface area contributed by atoms with Gasteiger partial charge < -0.3 is 25.5 Å². The summed E-state index contributed by atoms with van der Waals surface area (Å²) in [5, 5.41) is 45.0. The molecule has 0 bridgehead atoms. The van der Waals surface area contributed by atoms with Gasteiger partial charge in [0.15, 0.2) is 0 Å². The van der Waals surface area contributed by atoms with Crippen LogP contribution in [0, 0.1) is 0 Å². The number of carbonyl (C=O) groups is 3. The van der Waals surface area contributed by atoms with Crippen molar-refractivity contribution in [3.05, 3.63) is 108 Å². The number of benzene rings is 4. The molecule has 0 aliphatic carbocycles. The van der Waals surface area contributed by atoms with Crippen molar-refractivity contribution in [2.45, 2.75) is 0 Å². The predicted molar refractivity (Wildman–Crippen MR) is 121 cm³/mol. The van der Waals surface area contributed by atoms with E-state index in [1.807, 2.05) is 30.3 Å². The first-order valence-electron chi connectivity index (χ1n) is 9.44. The van der Waals surface area contributed by atoms with Gasteiger partial charge in [0, 0.05) is 6.07 Å². The second-order valence-electron chi connectivity index (χ2n) is 6.57. The normalized spacial score (nSPS) is 9.58. The van der Waals surface area contributed by atoms with Gasteiger partial charge in [0.25, 0.3) is 0 Å². The Labute approximate surface area is 188 Å². The summed E-state index contributed by atoms with van der Waals surface area (Å²) < 4.78 is 0. The summed E-state index contributed by atoms with van der Waals surface area (Å²) in [4.78, 5) is 31.3. The molecule has 33 heavy (non-hydrogen) atoms. The zero-order chi connectivity index (χ0) is 24.4. The molecule has 168 valence electrons. The maximum absolute atomic E-state index is 10.6. The average molecular weight is 448 g/mol. The lowest BCUT2D eigenvalue weighted by atomic mass is 10.1. The Kier molecular flexibility index (Phi) is 8.52. The van der Waals surface area contributed by atoms with E-state index in [4.69, 9.17) is 25.5 Å². The number of aromatic hydroxyl groups is 2. The lowest BCUT2D eigenvalue weighted by molar-refractivity contribution is 0.0681. The van der Waals surface area contributed by atoms with E-state index in [0.717, 1.165) is 10.8 Å². The van der Waals surface area contributed by atoms with Crippen LogP contribution in [0.15, 0.2) is 91.0 Å². The van der Waals surface area contributed by atoms with Crippen molar-refractivity contribution < 1.29 is 39.9 Å². The fourth-order valence-corrected chi connectivity index (χ4v) is 2.57. The molecule has 0 radical (unpaired) electrons. The van der Waals surface area contributed by atoms with Crippen LogP contribution in [-0.2, 0) is 0 Å². The topological polar surface area (TPSA) is 152 Å². The van der Waals surface area contributed by atoms with Gasteiger partial charge in [-0.25, -0.2) is 14.4 Å². The fraction of sp³-hybridized carbons (Fsp3) is 0. The molecule has 8 heteroatoms. The molecule has 0 spiro atoms. The first-order chi connectivity index (χ1) is 15.7. The van der Waals surface area contributed by atoms with Crippen LogP contribution in [0.4, 0.5) is 0 Å². The standard InChI is InChI=1S/C11H8O2.C8H6O4.C6H6O2/c12-11(13)10-6-5-8-3-1-2-4-9(8)7-10;9-7(10)5-1-2-6(4-3-5)8(11)12;7-5-2-1-3-6(8)4-5/h1-7H,(H,12,13);1-4H,(H,9,10)(H,11,12);1-4,7-8H. The molecule has 5 N–H and O–H groups in total. The molecule has 4 rings (SSSR count). The van der Waals surface area contributed by atoms with Crippen LogP contribution in [0.25, 0.3) is 10.8 Å². The summed E-state index contributed by atoms with van der Waals surface area (Å²) in [6, 6.07) is 23.7. The lowest BCUT2D eigenvalue weighted by Crippen LogP contribution is -1.99. The monoisotopic (exact) mass is 448 g/mol. The molecule has 8 nitrogen and oxygen atoms in total. The molecule has 0 saturated carbocycles. The van der Waals surface area contributed by atoms with Crippen molar-refractivity contribution >= 4 is 28.7 Å². The van der Waals surface area contributed by atoms with Gasteiger partial charge >= 0.3 is 17.9 Å². The summed E-state index contributed by atoms with van der Waals surface area (Å²) in [6.07, 6.45) is 0. The zero-order valence-corrected chi connectivity index (χ0v) is 17.1. The van der Waals surface area contributed by atoms with Crippen molar-refractivity contribution in [1.82, 2.24) is 0 Å².